The normalized spacial score (nSPS) is 7.62. The van der Waals surface area contributed by atoms with E-state index in [4.69, 9.17) is 0 Å². The zero-order valence-electron chi connectivity index (χ0n) is 11.3. The summed E-state index contributed by atoms with van der Waals surface area (Å²) in [5, 5.41) is 0. The third-order valence-electron chi connectivity index (χ3n) is 1.62. The minimum atomic E-state index is 0. The minimum Gasteiger partial charge on any atom is -0.351 e. The first-order valence-electron chi connectivity index (χ1n) is 5.71. The Morgan fingerprint density at radius 3 is 0.714 bits per heavy atom. The third-order valence-corrected chi connectivity index (χ3v) is 1.62. The fraction of sp³-hybridized carbons (Fsp3) is 0. The minimum absolute atomic E-state index is 0. The predicted molar refractivity (Wildman–Crippen MR) is 80.1 cm³/mol. The number of aromatic amines is 4. The Morgan fingerprint density at radius 1 is 0.429 bits per heavy atom. The molecule has 4 aromatic rings. The van der Waals surface area contributed by atoms with Crippen molar-refractivity contribution < 1.29 is 0 Å². The largest absolute Gasteiger partial charge is 0.351 e. The number of aromatic nitrogens is 8. The van der Waals surface area contributed by atoms with Crippen molar-refractivity contribution >= 4 is 8.41 Å². The van der Waals surface area contributed by atoms with E-state index in [0.717, 1.165) is 0 Å². The van der Waals surface area contributed by atoms with E-state index < -0.39 is 0 Å². The highest BCUT2D eigenvalue weighted by Crippen LogP contribution is 1.64. The molecule has 0 atom stereocenters. The summed E-state index contributed by atoms with van der Waals surface area (Å²) in [7, 11) is 0. The first-order chi connectivity index (χ1) is 10.0. The molecule has 3 radical (unpaired) electrons. The molecule has 9 heteroatoms. The molecule has 0 unspecified atom stereocenters. The summed E-state index contributed by atoms with van der Waals surface area (Å²) in [4.78, 5) is 25.7. The van der Waals surface area contributed by atoms with Gasteiger partial charge in [-0.25, -0.2) is 19.9 Å². The Balaban J connectivity index is 0.000000250. The lowest BCUT2D eigenvalue weighted by Gasteiger charge is -1.46. The van der Waals surface area contributed by atoms with Crippen molar-refractivity contribution in [2.75, 3.05) is 0 Å². The smallest absolute Gasteiger partial charge is 0.0919 e. The second kappa shape index (κ2) is 15.0. The van der Waals surface area contributed by atoms with Crippen molar-refractivity contribution in [3.63, 3.8) is 0 Å². The zero-order valence-corrected chi connectivity index (χ0v) is 11.3. The summed E-state index contributed by atoms with van der Waals surface area (Å²) in [6.45, 7) is 0. The van der Waals surface area contributed by atoms with Crippen LogP contribution in [-0.4, -0.2) is 48.3 Å². The number of rotatable bonds is 0. The molecule has 0 spiro atoms. The van der Waals surface area contributed by atoms with Crippen molar-refractivity contribution in [2.45, 2.75) is 0 Å². The summed E-state index contributed by atoms with van der Waals surface area (Å²) in [5.74, 6) is 0. The SMILES string of the molecule is [B].c1c[nH]cn1.c1c[nH]cn1.c1c[nH]cn1.c1c[nH]cn1. The zero-order chi connectivity index (χ0) is 14.1. The van der Waals surface area contributed by atoms with E-state index in [1.807, 2.05) is 0 Å². The van der Waals surface area contributed by atoms with E-state index in [2.05, 4.69) is 39.9 Å². The Kier molecular flexibility index (Phi) is 12.8. The van der Waals surface area contributed by atoms with Gasteiger partial charge in [0.15, 0.2) is 0 Å². The van der Waals surface area contributed by atoms with Gasteiger partial charge in [0.1, 0.15) is 0 Å². The molecule has 8 nitrogen and oxygen atoms in total. The predicted octanol–water partition coefficient (Wildman–Crippen LogP) is 1.26. The highest BCUT2D eigenvalue weighted by atomic mass is 14.8. The molecule has 0 saturated carbocycles. The van der Waals surface area contributed by atoms with Crippen LogP contribution in [0, 0.1) is 0 Å². The van der Waals surface area contributed by atoms with Crippen molar-refractivity contribution in [3.8, 4) is 0 Å². The van der Waals surface area contributed by atoms with E-state index in [1.165, 1.54) is 0 Å². The van der Waals surface area contributed by atoms with Gasteiger partial charge in [0.25, 0.3) is 0 Å². The van der Waals surface area contributed by atoms with Crippen LogP contribution in [-0.2, 0) is 0 Å². The van der Waals surface area contributed by atoms with Crippen LogP contribution in [0.15, 0.2) is 74.9 Å². The molecule has 0 saturated heterocycles. The van der Waals surface area contributed by atoms with Crippen LogP contribution in [0.4, 0.5) is 0 Å². The summed E-state index contributed by atoms with van der Waals surface area (Å²) in [5.41, 5.74) is 0. The maximum atomic E-state index is 3.67. The van der Waals surface area contributed by atoms with Gasteiger partial charge in [-0.2, -0.15) is 0 Å². The van der Waals surface area contributed by atoms with Gasteiger partial charge in [-0.05, 0) is 0 Å². The summed E-state index contributed by atoms with van der Waals surface area (Å²) in [6.07, 6.45) is 20.3. The fourth-order valence-corrected chi connectivity index (χ4v) is 0.861. The molecule has 4 heterocycles. The Bertz CT molecular complexity index is 356. The highest BCUT2D eigenvalue weighted by Gasteiger charge is 1.57. The van der Waals surface area contributed by atoms with Crippen LogP contribution in [0.3, 0.4) is 0 Å². The lowest BCUT2D eigenvalue weighted by atomic mass is 10.8. The van der Waals surface area contributed by atoms with Gasteiger partial charge in [0.2, 0.25) is 0 Å². The fourth-order valence-electron chi connectivity index (χ4n) is 0.861. The van der Waals surface area contributed by atoms with Gasteiger partial charge in [-0.1, -0.05) is 0 Å². The lowest BCUT2D eigenvalue weighted by molar-refractivity contribution is 1.31. The molecule has 0 bridgehead atoms. The quantitative estimate of drug-likeness (QED) is 0.363. The number of hydrogen-bond acceptors (Lipinski definition) is 4. The highest BCUT2D eigenvalue weighted by molar-refractivity contribution is 5.75. The molecule has 0 amide bonds. The van der Waals surface area contributed by atoms with Gasteiger partial charge in [-0.15, -0.1) is 0 Å². The molecule has 4 aromatic heterocycles. The third kappa shape index (κ3) is 13.1. The summed E-state index contributed by atoms with van der Waals surface area (Å²) in [6, 6.07) is 0. The van der Waals surface area contributed by atoms with Crippen molar-refractivity contribution in [1.29, 1.82) is 0 Å². The van der Waals surface area contributed by atoms with Crippen molar-refractivity contribution in [3.05, 3.63) is 74.9 Å². The average Bonchev–Trinajstić information content (AvgIpc) is 3.40. The molecule has 0 fully saturated rings. The van der Waals surface area contributed by atoms with E-state index in [0.29, 0.717) is 0 Å². The molecule has 4 N–H and O–H groups in total. The van der Waals surface area contributed by atoms with Crippen LogP contribution >= 0.6 is 0 Å². The number of nitrogens with one attached hydrogen (secondary N) is 4. The standard InChI is InChI=1S/4C3H4N2.B/c4*1-2-5-3-4-1;/h4*1-3H,(H,4,5);. The van der Waals surface area contributed by atoms with Gasteiger partial charge in [0, 0.05) is 58.0 Å². The van der Waals surface area contributed by atoms with Gasteiger partial charge in [0.05, 0.1) is 25.3 Å². The van der Waals surface area contributed by atoms with E-state index >= 15 is 0 Å². The van der Waals surface area contributed by atoms with Gasteiger partial charge >= 0.3 is 0 Å². The number of nitrogens with zero attached hydrogens (tertiary/aromatic N) is 4. The molecule has 107 valence electrons. The summed E-state index contributed by atoms with van der Waals surface area (Å²) < 4.78 is 0. The Labute approximate surface area is 124 Å². The molecular weight excluding hydrogens is 267 g/mol. The Hall–Kier alpha value is -3.10. The molecule has 0 aliphatic rings. The molecule has 0 aliphatic heterocycles. The number of H-pyrrole nitrogens is 4. The topological polar surface area (TPSA) is 115 Å². The van der Waals surface area contributed by atoms with Crippen LogP contribution in [0.2, 0.25) is 0 Å². The second-order valence-corrected chi connectivity index (χ2v) is 3.04. The van der Waals surface area contributed by atoms with Crippen LogP contribution in [0.25, 0.3) is 0 Å². The molecule has 0 aromatic carbocycles. The van der Waals surface area contributed by atoms with Crippen LogP contribution in [0.1, 0.15) is 0 Å². The van der Waals surface area contributed by atoms with Crippen molar-refractivity contribution in [2.24, 2.45) is 0 Å². The first kappa shape index (κ1) is 17.9. The molecule has 0 aliphatic carbocycles. The average molecular weight is 283 g/mol. The van der Waals surface area contributed by atoms with Crippen molar-refractivity contribution in [1.82, 2.24) is 39.9 Å². The molecule has 21 heavy (non-hydrogen) atoms. The monoisotopic (exact) mass is 283 g/mol. The Morgan fingerprint density at radius 2 is 0.667 bits per heavy atom. The maximum absolute atomic E-state index is 3.67. The maximum Gasteiger partial charge on any atom is 0.0919 e. The van der Waals surface area contributed by atoms with Gasteiger partial charge in [-0.3, -0.25) is 0 Å². The molecular formula is C12H16BN8. The van der Waals surface area contributed by atoms with E-state index in [-0.39, 0.29) is 8.41 Å². The second-order valence-electron chi connectivity index (χ2n) is 3.04. The molecule has 4 rings (SSSR count). The number of hydrogen-bond donors (Lipinski definition) is 4. The first-order valence-corrected chi connectivity index (χ1v) is 5.71. The van der Waals surface area contributed by atoms with Gasteiger partial charge < -0.3 is 19.9 Å². The lowest BCUT2D eigenvalue weighted by Crippen LogP contribution is -1.44. The van der Waals surface area contributed by atoms with Crippen LogP contribution in [0.5, 0.6) is 0 Å². The van der Waals surface area contributed by atoms with E-state index in [9.17, 15) is 0 Å². The number of imidazole rings is 4. The van der Waals surface area contributed by atoms with Crippen LogP contribution < -0.4 is 0 Å². The summed E-state index contributed by atoms with van der Waals surface area (Å²) >= 11 is 0. The van der Waals surface area contributed by atoms with E-state index in [1.54, 1.807) is 74.9 Å².